The van der Waals surface area contributed by atoms with Crippen LogP contribution < -0.4 is 0 Å². The van der Waals surface area contributed by atoms with E-state index in [2.05, 4.69) is 41.5 Å². The normalized spacial score (nSPS) is 12.0. The summed E-state index contributed by atoms with van der Waals surface area (Å²) >= 11 is 72.0. The van der Waals surface area contributed by atoms with Crippen LogP contribution in [0.5, 0.6) is 0 Å². The van der Waals surface area contributed by atoms with Crippen LogP contribution in [-0.4, -0.2) is 29.0 Å². The summed E-state index contributed by atoms with van der Waals surface area (Å²) in [5, 5.41) is 0. The van der Waals surface area contributed by atoms with Gasteiger partial charge in [0.05, 0.1) is 10.8 Å². The highest BCUT2D eigenvalue weighted by molar-refractivity contribution is 6.54. The topological polar surface area (TPSA) is 0 Å². The molecule has 0 aliphatic carbocycles. The first-order valence-corrected chi connectivity index (χ1v) is 18.5. The van der Waals surface area contributed by atoms with E-state index in [9.17, 15) is 0 Å². The molecule has 236 valence electrons. The Morgan fingerprint density at radius 3 is 0.553 bits per heavy atom. The first kappa shape index (κ1) is 48.4. The number of alkyl halides is 12. The second kappa shape index (κ2) is 30.5. The molecule has 0 N–H and O–H groups in total. The molecule has 0 atom stereocenters. The van der Waals surface area contributed by atoms with Crippen LogP contribution >= 0.6 is 139 Å². The summed E-state index contributed by atoms with van der Waals surface area (Å²) in [4.78, 5) is -6.14. The van der Waals surface area contributed by atoms with Gasteiger partial charge in [-0.1, -0.05) is 106 Å². The molecule has 0 unspecified atom stereocenters. The van der Waals surface area contributed by atoms with Crippen LogP contribution in [-0.2, 0) is 0 Å². The van der Waals surface area contributed by atoms with E-state index in [0.29, 0.717) is 6.42 Å². The molecule has 0 bridgehead atoms. The molecule has 0 saturated carbocycles. The first-order valence-electron chi connectivity index (χ1n) is 13.3. The van der Waals surface area contributed by atoms with Crippen molar-refractivity contribution in [3.05, 3.63) is 0 Å². The lowest BCUT2D eigenvalue weighted by Gasteiger charge is -2.41. The Labute approximate surface area is 295 Å². The molecule has 0 radical (unpaired) electrons. The van der Waals surface area contributed by atoms with E-state index in [1.54, 1.807) is 0 Å². The van der Waals surface area contributed by atoms with Crippen LogP contribution in [0.2, 0.25) is 0 Å². The molecule has 0 saturated heterocycles. The van der Waals surface area contributed by atoms with Gasteiger partial charge in [-0.3, -0.25) is 0 Å². The van der Waals surface area contributed by atoms with Gasteiger partial charge in [0, 0.05) is 0 Å². The first-order chi connectivity index (χ1) is 17.6. The molecule has 0 fully saturated rings. The maximum Gasteiger partial charge on any atom is 0.118 e. The SMILES string of the molecule is CCCCC.CCCCC.CCCCC.ClC(Cl)C(CCCC(C(Cl)Cl)(C(Cl)Cl)C(Cl)Cl)(C(Cl)Cl)C(Cl)Cl. The number of hydrogen-bond donors (Lipinski definition) is 0. The zero-order valence-electron chi connectivity index (χ0n) is 23.5. The lowest BCUT2D eigenvalue weighted by molar-refractivity contribution is 0.267. The van der Waals surface area contributed by atoms with E-state index < -0.39 is 39.8 Å². The quantitative estimate of drug-likeness (QED) is 0.137. The average molecular weight is 786 g/mol. The predicted molar refractivity (Wildman–Crippen MR) is 187 cm³/mol. The largest absolute Gasteiger partial charge is 0.118 e. The molecule has 0 aliphatic rings. The standard InChI is InChI=1S/C11H12Cl12.3C5H12/c12-4(13)10(5(14)15,6(16)17)2-1-3-11(7(18)19,8(20)21)9(22)23;3*1-3-5-4-2/h4-9H,1-3H2;3*3-5H2,1-2H3. The zero-order valence-corrected chi connectivity index (χ0v) is 32.6. The van der Waals surface area contributed by atoms with Crippen LogP contribution in [0.4, 0.5) is 0 Å². The van der Waals surface area contributed by atoms with Crippen LogP contribution in [0.1, 0.15) is 119 Å². The third kappa shape index (κ3) is 20.4. The van der Waals surface area contributed by atoms with Crippen molar-refractivity contribution >= 4 is 139 Å². The van der Waals surface area contributed by atoms with Crippen molar-refractivity contribution < 1.29 is 0 Å². The van der Waals surface area contributed by atoms with Gasteiger partial charge in [-0.2, -0.15) is 0 Å². The van der Waals surface area contributed by atoms with Gasteiger partial charge in [0.25, 0.3) is 0 Å². The second-order valence-electron chi connectivity index (χ2n) is 8.94. The van der Waals surface area contributed by atoms with E-state index >= 15 is 0 Å². The van der Waals surface area contributed by atoms with Gasteiger partial charge >= 0.3 is 0 Å². The van der Waals surface area contributed by atoms with Crippen LogP contribution in [0.15, 0.2) is 0 Å². The second-order valence-corrected chi connectivity index (χ2v) is 15.5. The average Bonchev–Trinajstić information content (AvgIpc) is 2.80. The molecule has 0 aromatic carbocycles. The molecule has 0 amide bonds. The van der Waals surface area contributed by atoms with Gasteiger partial charge < -0.3 is 0 Å². The molecule has 0 spiro atoms. The van der Waals surface area contributed by atoms with Gasteiger partial charge in [-0.15, -0.1) is 139 Å². The summed E-state index contributed by atoms with van der Waals surface area (Å²) < 4.78 is 0. The summed E-state index contributed by atoms with van der Waals surface area (Å²) in [6, 6.07) is 0. The minimum absolute atomic E-state index is 0.239. The molecule has 0 rings (SSSR count). The maximum absolute atomic E-state index is 6.00. The number of unbranched alkanes of at least 4 members (excludes halogenated alkanes) is 6. The van der Waals surface area contributed by atoms with Gasteiger partial charge in [0.2, 0.25) is 0 Å². The van der Waals surface area contributed by atoms with Crippen molar-refractivity contribution in [2.24, 2.45) is 10.8 Å². The Hall–Kier alpha value is 3.48. The van der Waals surface area contributed by atoms with E-state index in [1.807, 2.05) is 0 Å². The summed E-state index contributed by atoms with van der Waals surface area (Å²) in [6.45, 7) is 13.3. The van der Waals surface area contributed by atoms with E-state index in [1.165, 1.54) is 57.8 Å². The molecular formula is C26H48Cl12. The fraction of sp³-hybridized carbons (Fsp3) is 1.00. The Morgan fingerprint density at radius 2 is 0.474 bits per heavy atom. The number of halogens is 12. The molecule has 0 nitrogen and oxygen atoms in total. The third-order valence-electron chi connectivity index (χ3n) is 5.78. The number of rotatable bonds is 16. The Morgan fingerprint density at radius 1 is 0.316 bits per heavy atom. The van der Waals surface area contributed by atoms with Crippen LogP contribution in [0.3, 0.4) is 0 Å². The molecule has 12 heteroatoms. The number of hydrogen-bond acceptors (Lipinski definition) is 0. The van der Waals surface area contributed by atoms with Crippen molar-refractivity contribution in [2.75, 3.05) is 0 Å². The summed E-state index contributed by atoms with van der Waals surface area (Å²) in [6.07, 6.45) is 13.1. The summed E-state index contributed by atoms with van der Waals surface area (Å²) in [7, 11) is 0. The van der Waals surface area contributed by atoms with Gasteiger partial charge in [0.15, 0.2) is 0 Å². The Bertz CT molecular complexity index is 375. The van der Waals surface area contributed by atoms with Crippen molar-refractivity contribution in [2.45, 2.75) is 148 Å². The van der Waals surface area contributed by atoms with Gasteiger partial charge in [-0.05, 0) is 12.8 Å². The summed E-state index contributed by atoms with van der Waals surface area (Å²) in [5.41, 5.74) is -2.37. The molecule has 0 aliphatic heterocycles. The zero-order chi connectivity index (χ0) is 30.9. The Balaban J connectivity index is -0.000000311. The monoisotopic (exact) mass is 780 g/mol. The van der Waals surface area contributed by atoms with Crippen molar-refractivity contribution in [1.29, 1.82) is 0 Å². The molecule has 0 heterocycles. The fourth-order valence-corrected chi connectivity index (χ4v) is 8.87. The van der Waals surface area contributed by atoms with E-state index in [4.69, 9.17) is 139 Å². The smallest absolute Gasteiger partial charge is 0.105 e. The third-order valence-corrected chi connectivity index (χ3v) is 10.7. The fourth-order valence-electron chi connectivity index (χ4n) is 2.99. The van der Waals surface area contributed by atoms with Crippen molar-refractivity contribution in [3.8, 4) is 0 Å². The van der Waals surface area contributed by atoms with Gasteiger partial charge in [0.1, 0.15) is 29.0 Å². The van der Waals surface area contributed by atoms with Crippen LogP contribution in [0.25, 0.3) is 0 Å². The highest BCUT2D eigenvalue weighted by Gasteiger charge is 2.51. The van der Waals surface area contributed by atoms with Gasteiger partial charge in [-0.25, -0.2) is 0 Å². The maximum atomic E-state index is 6.00. The highest BCUT2D eigenvalue weighted by atomic mass is 35.6. The molecular weight excluding hydrogens is 738 g/mol. The highest BCUT2D eigenvalue weighted by Crippen LogP contribution is 2.53. The minimum atomic E-state index is -1.18. The Kier molecular flexibility index (Phi) is 38.8. The van der Waals surface area contributed by atoms with E-state index in [0.717, 1.165) is 0 Å². The van der Waals surface area contributed by atoms with Crippen molar-refractivity contribution in [3.63, 3.8) is 0 Å². The molecule has 0 aromatic rings. The predicted octanol–water partition coefficient (Wildman–Crippen LogP) is 15.5. The van der Waals surface area contributed by atoms with E-state index in [-0.39, 0.29) is 12.8 Å². The molecule has 0 aromatic heterocycles. The van der Waals surface area contributed by atoms with Crippen molar-refractivity contribution in [1.82, 2.24) is 0 Å². The minimum Gasteiger partial charge on any atom is -0.105 e. The summed E-state index contributed by atoms with van der Waals surface area (Å²) in [5.74, 6) is 0. The molecule has 38 heavy (non-hydrogen) atoms. The van der Waals surface area contributed by atoms with Crippen LogP contribution in [0, 0.1) is 10.8 Å². The lowest BCUT2D eigenvalue weighted by atomic mass is 9.82. The lowest BCUT2D eigenvalue weighted by Crippen LogP contribution is -2.44.